The molecule has 206 valence electrons. The Morgan fingerprint density at radius 3 is 2.21 bits per heavy atom. The molecule has 1 aromatic carbocycles. The Labute approximate surface area is 216 Å². The SMILES string of the molecule is C=C[C@@H](C)N(C(=O)OC(C)(C)C)n1cc(C(=O)NCc2c(F)cc(F)cc2F)c(=O)c(OC)c1C(=O)OC. The van der Waals surface area contributed by atoms with Crippen LogP contribution in [0.4, 0.5) is 18.0 Å². The van der Waals surface area contributed by atoms with Gasteiger partial charge in [0.05, 0.1) is 20.3 Å². The summed E-state index contributed by atoms with van der Waals surface area (Å²) in [7, 11) is 2.07. The summed E-state index contributed by atoms with van der Waals surface area (Å²) in [6.45, 7) is 9.19. The van der Waals surface area contributed by atoms with Crippen LogP contribution in [-0.4, -0.2) is 48.5 Å². The van der Waals surface area contributed by atoms with E-state index in [-0.39, 0.29) is 0 Å². The number of rotatable bonds is 8. The molecule has 0 bridgehead atoms. The topological polar surface area (TPSA) is 116 Å². The molecule has 2 rings (SSSR count). The number of carbonyl (C=O) groups is 3. The zero-order valence-corrected chi connectivity index (χ0v) is 21.7. The minimum atomic E-state index is -1.25. The van der Waals surface area contributed by atoms with Gasteiger partial charge in [-0.1, -0.05) is 6.08 Å². The van der Waals surface area contributed by atoms with Crippen molar-refractivity contribution in [1.29, 1.82) is 0 Å². The van der Waals surface area contributed by atoms with Gasteiger partial charge in [0.1, 0.15) is 28.6 Å². The van der Waals surface area contributed by atoms with Crippen molar-refractivity contribution >= 4 is 18.0 Å². The fourth-order valence-corrected chi connectivity index (χ4v) is 3.25. The van der Waals surface area contributed by atoms with Crippen molar-refractivity contribution in [3.05, 3.63) is 75.5 Å². The Kier molecular flexibility index (Phi) is 9.33. The van der Waals surface area contributed by atoms with Crippen molar-refractivity contribution in [3.63, 3.8) is 0 Å². The zero-order valence-electron chi connectivity index (χ0n) is 21.7. The molecule has 0 saturated heterocycles. The molecule has 38 heavy (non-hydrogen) atoms. The third-order valence-corrected chi connectivity index (χ3v) is 5.05. The molecule has 0 aliphatic carbocycles. The number of amides is 2. The lowest BCUT2D eigenvalue weighted by Crippen LogP contribution is -2.51. The molecule has 10 nitrogen and oxygen atoms in total. The van der Waals surface area contributed by atoms with Gasteiger partial charge < -0.3 is 19.5 Å². The summed E-state index contributed by atoms with van der Waals surface area (Å²) in [5.41, 5.74) is -3.94. The molecule has 0 spiro atoms. The molecule has 0 aliphatic heterocycles. The molecule has 1 heterocycles. The average Bonchev–Trinajstić information content (AvgIpc) is 2.81. The van der Waals surface area contributed by atoms with Gasteiger partial charge in [-0.25, -0.2) is 32.4 Å². The van der Waals surface area contributed by atoms with Gasteiger partial charge in [-0.2, -0.15) is 0 Å². The first-order valence-corrected chi connectivity index (χ1v) is 11.1. The van der Waals surface area contributed by atoms with Gasteiger partial charge in [-0.05, 0) is 27.7 Å². The highest BCUT2D eigenvalue weighted by Gasteiger charge is 2.34. The second kappa shape index (κ2) is 11.8. The standard InChI is InChI=1S/C25H28F3N3O7/c1-8-13(2)31(24(35)38-25(3,4)5)30-12-16(20(32)21(36-6)19(30)23(34)37-7)22(33)29-11-15-17(27)9-14(26)10-18(15)28/h8-10,12-13H,1,11H2,2-7H3,(H,29,33)/t13-/m1/s1. The number of hydrogen-bond acceptors (Lipinski definition) is 7. The average molecular weight is 540 g/mol. The second-order valence-corrected chi connectivity index (χ2v) is 8.92. The lowest BCUT2D eigenvalue weighted by molar-refractivity contribution is 0.0512. The Balaban J connectivity index is 2.72. The number of nitrogens with zero attached hydrogens (tertiary/aromatic N) is 2. The number of pyridine rings is 1. The molecule has 0 fully saturated rings. The first-order chi connectivity index (χ1) is 17.7. The second-order valence-electron chi connectivity index (χ2n) is 8.92. The third kappa shape index (κ3) is 6.52. The fraction of sp³-hybridized carbons (Fsp3) is 0.360. The molecule has 13 heteroatoms. The predicted octanol–water partition coefficient (Wildman–Crippen LogP) is 3.44. The highest BCUT2D eigenvalue weighted by atomic mass is 19.1. The van der Waals surface area contributed by atoms with E-state index in [9.17, 15) is 32.3 Å². The van der Waals surface area contributed by atoms with Crippen molar-refractivity contribution in [3.8, 4) is 5.75 Å². The van der Waals surface area contributed by atoms with Gasteiger partial charge in [0.2, 0.25) is 5.43 Å². The summed E-state index contributed by atoms with van der Waals surface area (Å²) in [6, 6.07) is 0.00109. The number of benzene rings is 1. The summed E-state index contributed by atoms with van der Waals surface area (Å²) in [5.74, 6) is -6.55. The third-order valence-electron chi connectivity index (χ3n) is 5.05. The largest absolute Gasteiger partial charge is 0.490 e. The Bertz CT molecular complexity index is 1300. The van der Waals surface area contributed by atoms with Crippen molar-refractivity contribution in [2.75, 3.05) is 19.2 Å². The minimum absolute atomic E-state index is 0.432. The van der Waals surface area contributed by atoms with Crippen LogP contribution in [0.3, 0.4) is 0 Å². The van der Waals surface area contributed by atoms with Crippen LogP contribution < -0.4 is 20.5 Å². The lowest BCUT2D eigenvalue weighted by atomic mass is 10.1. The van der Waals surface area contributed by atoms with Gasteiger partial charge in [-0.3, -0.25) is 9.59 Å². The van der Waals surface area contributed by atoms with Gasteiger partial charge in [0, 0.05) is 30.4 Å². The smallest absolute Gasteiger partial charge is 0.430 e. The van der Waals surface area contributed by atoms with E-state index in [0.717, 1.165) is 30.1 Å². The number of esters is 1. The molecule has 1 atom stereocenters. The monoisotopic (exact) mass is 539 g/mol. The van der Waals surface area contributed by atoms with E-state index in [1.807, 2.05) is 0 Å². The molecule has 0 aliphatic rings. The molecule has 0 unspecified atom stereocenters. The lowest BCUT2D eigenvalue weighted by Gasteiger charge is -2.33. The normalized spacial score (nSPS) is 11.8. The molecule has 0 saturated carbocycles. The predicted molar refractivity (Wildman–Crippen MR) is 130 cm³/mol. The van der Waals surface area contributed by atoms with E-state index in [1.54, 1.807) is 20.8 Å². The summed E-state index contributed by atoms with van der Waals surface area (Å²) >= 11 is 0. The Morgan fingerprint density at radius 2 is 1.74 bits per heavy atom. The molecule has 1 N–H and O–H groups in total. The maximum atomic E-state index is 14.0. The fourth-order valence-electron chi connectivity index (χ4n) is 3.25. The summed E-state index contributed by atoms with van der Waals surface area (Å²) in [4.78, 5) is 52.0. The van der Waals surface area contributed by atoms with Gasteiger partial charge in [0.15, 0.2) is 11.4 Å². The number of halogens is 3. The van der Waals surface area contributed by atoms with Crippen LogP contribution in [0.25, 0.3) is 0 Å². The van der Waals surface area contributed by atoms with Gasteiger partial charge in [0.25, 0.3) is 5.91 Å². The number of aromatic nitrogens is 1. The molecule has 1 aromatic heterocycles. The van der Waals surface area contributed by atoms with Crippen molar-refractivity contribution in [1.82, 2.24) is 9.99 Å². The van der Waals surface area contributed by atoms with E-state index in [4.69, 9.17) is 14.2 Å². The summed E-state index contributed by atoms with van der Waals surface area (Å²) in [5, 5.41) is 3.06. The van der Waals surface area contributed by atoms with Crippen LogP contribution >= 0.6 is 0 Å². The maximum absolute atomic E-state index is 14.0. The van der Waals surface area contributed by atoms with Crippen LogP contribution in [0.2, 0.25) is 0 Å². The molecule has 0 radical (unpaired) electrons. The number of ether oxygens (including phenoxy) is 3. The summed E-state index contributed by atoms with van der Waals surface area (Å²) in [6.07, 6.45) is 1.20. The van der Waals surface area contributed by atoms with Crippen LogP contribution in [0.15, 0.2) is 35.8 Å². The van der Waals surface area contributed by atoms with Crippen LogP contribution in [0.5, 0.6) is 5.75 Å². The first kappa shape index (κ1) is 29.9. The molecule has 2 amide bonds. The highest BCUT2D eigenvalue weighted by Crippen LogP contribution is 2.21. The first-order valence-electron chi connectivity index (χ1n) is 11.1. The van der Waals surface area contributed by atoms with Gasteiger partial charge in [-0.15, -0.1) is 6.58 Å². The van der Waals surface area contributed by atoms with Crippen LogP contribution in [-0.2, 0) is 16.0 Å². The van der Waals surface area contributed by atoms with Crippen LogP contribution in [0.1, 0.15) is 54.1 Å². The van der Waals surface area contributed by atoms with E-state index >= 15 is 0 Å². The molecular weight excluding hydrogens is 511 g/mol. The number of nitrogens with one attached hydrogen (secondary N) is 1. The molecule has 2 aromatic rings. The number of hydrogen-bond donors (Lipinski definition) is 1. The Hall–Kier alpha value is -4.29. The van der Waals surface area contributed by atoms with Crippen molar-refractivity contribution in [2.24, 2.45) is 0 Å². The highest BCUT2D eigenvalue weighted by molar-refractivity contribution is 5.97. The van der Waals surface area contributed by atoms with Crippen LogP contribution in [0, 0.1) is 17.5 Å². The molecular formula is C25H28F3N3O7. The zero-order chi connectivity index (χ0) is 28.9. The van der Waals surface area contributed by atoms with E-state index in [0.29, 0.717) is 12.1 Å². The van der Waals surface area contributed by atoms with E-state index in [1.165, 1.54) is 13.0 Å². The van der Waals surface area contributed by atoms with E-state index < -0.39 is 81.6 Å². The number of methoxy groups -OCH3 is 2. The number of carbonyl (C=O) groups excluding carboxylic acids is 3. The quantitative estimate of drug-likeness (QED) is 0.404. The maximum Gasteiger partial charge on any atom is 0.430 e. The summed E-state index contributed by atoms with van der Waals surface area (Å²) < 4.78 is 57.4. The minimum Gasteiger partial charge on any atom is -0.490 e. The van der Waals surface area contributed by atoms with E-state index in [2.05, 4.69) is 11.9 Å². The van der Waals surface area contributed by atoms with Crippen molar-refractivity contribution < 1.29 is 41.8 Å². The Morgan fingerprint density at radius 1 is 1.16 bits per heavy atom. The van der Waals surface area contributed by atoms with Gasteiger partial charge >= 0.3 is 12.1 Å². The van der Waals surface area contributed by atoms with Crippen molar-refractivity contribution in [2.45, 2.75) is 45.9 Å².